The molecule has 1 N–H and O–H groups in total. The van der Waals surface area contributed by atoms with Gasteiger partial charge in [-0.1, -0.05) is 12.8 Å². The fourth-order valence-electron chi connectivity index (χ4n) is 4.15. The molecule has 2 heterocycles. The van der Waals surface area contributed by atoms with E-state index in [4.69, 9.17) is 0 Å². The molecule has 0 spiro atoms. The zero-order valence-corrected chi connectivity index (χ0v) is 19.2. The number of benzene rings is 2. The normalized spacial score (nSPS) is 18.6. The zero-order valence-electron chi connectivity index (χ0n) is 17.5. The quantitative estimate of drug-likeness (QED) is 0.707. The Hall–Kier alpha value is -2.10. The first kappa shape index (κ1) is 22.1. The van der Waals surface area contributed by atoms with Crippen molar-refractivity contribution in [3.63, 3.8) is 0 Å². The van der Waals surface area contributed by atoms with Crippen molar-refractivity contribution in [3.05, 3.63) is 48.5 Å². The molecule has 0 saturated carbocycles. The van der Waals surface area contributed by atoms with Crippen LogP contribution in [0, 0.1) is 0 Å². The van der Waals surface area contributed by atoms with Crippen molar-refractivity contribution in [2.45, 2.75) is 48.3 Å². The number of hydrogen-bond acceptors (Lipinski definition) is 5. The first-order valence-electron chi connectivity index (χ1n) is 10.8. The van der Waals surface area contributed by atoms with Crippen LogP contribution in [0.5, 0.6) is 0 Å². The lowest BCUT2D eigenvalue weighted by atomic mass is 10.2. The summed E-state index contributed by atoms with van der Waals surface area (Å²) in [6, 6.07) is 12.8. The number of nitrogens with zero attached hydrogens (tertiary/aromatic N) is 2. The monoisotopic (exact) mass is 463 g/mol. The summed E-state index contributed by atoms with van der Waals surface area (Å²) in [7, 11) is -7.37. The summed E-state index contributed by atoms with van der Waals surface area (Å²) in [6.45, 7) is 3.07. The van der Waals surface area contributed by atoms with Crippen LogP contribution >= 0.6 is 0 Å². The molecule has 0 amide bonds. The maximum absolute atomic E-state index is 12.8. The summed E-state index contributed by atoms with van der Waals surface area (Å²) < 4.78 is 54.8. The molecule has 0 aromatic heterocycles. The molecular formula is C22H29N3O4S2. The van der Waals surface area contributed by atoms with E-state index < -0.39 is 20.0 Å². The number of anilines is 2. The van der Waals surface area contributed by atoms with Gasteiger partial charge in [0.15, 0.2) is 0 Å². The van der Waals surface area contributed by atoms with Gasteiger partial charge < -0.3 is 4.90 Å². The largest absolute Gasteiger partial charge is 0.372 e. The number of sulfonamides is 2. The lowest BCUT2D eigenvalue weighted by molar-refractivity contribution is 0.477. The molecule has 31 heavy (non-hydrogen) atoms. The second-order valence-corrected chi connectivity index (χ2v) is 11.8. The van der Waals surface area contributed by atoms with Crippen LogP contribution in [0.25, 0.3) is 0 Å². The lowest BCUT2D eigenvalue weighted by Gasteiger charge is -2.22. The molecule has 0 bridgehead atoms. The van der Waals surface area contributed by atoms with E-state index in [0.29, 0.717) is 18.8 Å². The average Bonchev–Trinajstić information content (AvgIpc) is 3.18. The van der Waals surface area contributed by atoms with Gasteiger partial charge in [-0.05, 0) is 74.2 Å². The Morgan fingerprint density at radius 3 is 1.71 bits per heavy atom. The number of hydrogen-bond donors (Lipinski definition) is 1. The lowest BCUT2D eigenvalue weighted by Crippen LogP contribution is -2.27. The highest BCUT2D eigenvalue weighted by Crippen LogP contribution is 2.25. The van der Waals surface area contributed by atoms with Crippen molar-refractivity contribution in [2.75, 3.05) is 35.8 Å². The van der Waals surface area contributed by atoms with Crippen LogP contribution < -0.4 is 9.62 Å². The van der Waals surface area contributed by atoms with Crippen LogP contribution in [0.3, 0.4) is 0 Å². The maximum atomic E-state index is 12.8. The molecule has 168 valence electrons. The van der Waals surface area contributed by atoms with Crippen LogP contribution in [0.1, 0.15) is 38.5 Å². The van der Waals surface area contributed by atoms with Gasteiger partial charge >= 0.3 is 0 Å². The van der Waals surface area contributed by atoms with Gasteiger partial charge in [0.2, 0.25) is 10.0 Å². The second kappa shape index (κ2) is 9.18. The van der Waals surface area contributed by atoms with Gasteiger partial charge in [-0.15, -0.1) is 0 Å². The SMILES string of the molecule is O=S(=O)(Nc1ccc(N2CCCCCC2)cc1)c1ccc(S(=O)(=O)N2CCCC2)cc1. The minimum Gasteiger partial charge on any atom is -0.372 e. The van der Waals surface area contributed by atoms with Gasteiger partial charge in [-0.3, -0.25) is 4.72 Å². The Kier molecular flexibility index (Phi) is 6.55. The minimum atomic E-state index is -3.81. The third kappa shape index (κ3) is 5.05. The highest BCUT2D eigenvalue weighted by molar-refractivity contribution is 7.92. The van der Waals surface area contributed by atoms with E-state index in [9.17, 15) is 16.8 Å². The molecule has 7 nitrogen and oxygen atoms in total. The minimum absolute atomic E-state index is 0.0319. The van der Waals surface area contributed by atoms with Gasteiger partial charge in [0, 0.05) is 37.6 Å². The first-order valence-corrected chi connectivity index (χ1v) is 13.8. The topological polar surface area (TPSA) is 86.8 Å². The van der Waals surface area contributed by atoms with E-state index >= 15 is 0 Å². The van der Waals surface area contributed by atoms with Crippen molar-refractivity contribution in [1.29, 1.82) is 0 Å². The van der Waals surface area contributed by atoms with Crippen LogP contribution in [0.15, 0.2) is 58.3 Å². The molecule has 2 aromatic rings. The van der Waals surface area contributed by atoms with E-state index in [1.807, 2.05) is 12.1 Å². The molecule has 2 saturated heterocycles. The van der Waals surface area contributed by atoms with Crippen molar-refractivity contribution >= 4 is 31.4 Å². The molecule has 0 aliphatic carbocycles. The van der Waals surface area contributed by atoms with Gasteiger partial charge in [0.25, 0.3) is 10.0 Å². The second-order valence-electron chi connectivity index (χ2n) is 8.14. The van der Waals surface area contributed by atoms with Gasteiger partial charge in [0.1, 0.15) is 0 Å². The number of nitrogens with one attached hydrogen (secondary N) is 1. The standard InChI is InChI=1S/C22H29N3O4S2/c26-30(27,21-11-13-22(14-12-21)31(28,29)25-17-5-6-18-25)23-19-7-9-20(10-8-19)24-15-3-1-2-4-16-24/h7-14,23H,1-6,15-18H2. The predicted molar refractivity (Wildman–Crippen MR) is 122 cm³/mol. The Labute approximate surface area is 185 Å². The molecule has 2 fully saturated rings. The third-order valence-electron chi connectivity index (χ3n) is 5.93. The molecule has 0 radical (unpaired) electrons. The molecular weight excluding hydrogens is 434 g/mol. The van der Waals surface area contributed by atoms with E-state index in [1.54, 1.807) is 12.1 Å². The van der Waals surface area contributed by atoms with Crippen molar-refractivity contribution in [1.82, 2.24) is 4.31 Å². The highest BCUT2D eigenvalue weighted by Gasteiger charge is 2.27. The Bertz CT molecular complexity index is 1080. The first-order chi connectivity index (χ1) is 14.9. The van der Waals surface area contributed by atoms with Crippen molar-refractivity contribution in [3.8, 4) is 0 Å². The molecule has 9 heteroatoms. The highest BCUT2D eigenvalue weighted by atomic mass is 32.2. The Morgan fingerprint density at radius 2 is 1.13 bits per heavy atom. The molecule has 2 aliphatic heterocycles. The Balaban J connectivity index is 1.46. The van der Waals surface area contributed by atoms with E-state index in [-0.39, 0.29) is 9.79 Å². The fraction of sp³-hybridized carbons (Fsp3) is 0.455. The summed E-state index contributed by atoms with van der Waals surface area (Å²) in [5, 5.41) is 0. The van der Waals surface area contributed by atoms with E-state index in [1.165, 1.54) is 54.3 Å². The Morgan fingerprint density at radius 1 is 0.613 bits per heavy atom. The van der Waals surface area contributed by atoms with E-state index in [0.717, 1.165) is 31.6 Å². The van der Waals surface area contributed by atoms with Crippen molar-refractivity contribution < 1.29 is 16.8 Å². The molecule has 0 atom stereocenters. The summed E-state index contributed by atoms with van der Waals surface area (Å²) in [6.07, 6.45) is 6.58. The van der Waals surface area contributed by atoms with Gasteiger partial charge in [-0.2, -0.15) is 4.31 Å². The predicted octanol–water partition coefficient (Wildman–Crippen LogP) is 3.65. The van der Waals surface area contributed by atoms with Gasteiger partial charge in [-0.25, -0.2) is 16.8 Å². The average molecular weight is 464 g/mol. The van der Waals surface area contributed by atoms with Crippen molar-refractivity contribution in [2.24, 2.45) is 0 Å². The maximum Gasteiger partial charge on any atom is 0.261 e. The fourth-order valence-corrected chi connectivity index (χ4v) is 6.73. The summed E-state index contributed by atoms with van der Waals surface area (Å²) >= 11 is 0. The summed E-state index contributed by atoms with van der Waals surface area (Å²) in [5.74, 6) is 0. The molecule has 4 rings (SSSR count). The smallest absolute Gasteiger partial charge is 0.261 e. The zero-order chi connectivity index (χ0) is 21.9. The van der Waals surface area contributed by atoms with Crippen LogP contribution in [-0.4, -0.2) is 47.3 Å². The molecule has 2 aliphatic rings. The molecule has 2 aromatic carbocycles. The summed E-state index contributed by atoms with van der Waals surface area (Å²) in [4.78, 5) is 2.49. The van der Waals surface area contributed by atoms with Crippen LogP contribution in [0.4, 0.5) is 11.4 Å². The van der Waals surface area contributed by atoms with Crippen LogP contribution in [0.2, 0.25) is 0 Å². The number of rotatable bonds is 6. The van der Waals surface area contributed by atoms with Gasteiger partial charge in [0.05, 0.1) is 9.79 Å². The summed E-state index contributed by atoms with van der Waals surface area (Å²) in [5.41, 5.74) is 1.58. The third-order valence-corrected chi connectivity index (χ3v) is 9.24. The van der Waals surface area contributed by atoms with E-state index in [2.05, 4.69) is 9.62 Å². The molecule has 0 unspecified atom stereocenters. The van der Waals surface area contributed by atoms with Crippen LogP contribution in [-0.2, 0) is 20.0 Å².